The highest BCUT2D eigenvalue weighted by molar-refractivity contribution is 5.79. The van der Waals surface area contributed by atoms with Crippen LogP contribution in [0, 0.1) is 12.8 Å². The highest BCUT2D eigenvalue weighted by Gasteiger charge is 2.11. The average Bonchev–Trinajstić information content (AvgIpc) is 2.45. The molecule has 3 rings (SSSR count). The van der Waals surface area contributed by atoms with Crippen LogP contribution < -0.4 is 10.9 Å². The van der Waals surface area contributed by atoms with Crippen molar-refractivity contribution in [1.29, 1.82) is 0 Å². The number of hydrogen-bond acceptors (Lipinski definition) is 3. The van der Waals surface area contributed by atoms with E-state index in [1.54, 1.807) is 13.0 Å². The van der Waals surface area contributed by atoms with Crippen molar-refractivity contribution in [3.8, 4) is 0 Å². The van der Waals surface area contributed by atoms with Gasteiger partial charge in [-0.25, -0.2) is 9.78 Å². The number of quaternary nitrogens is 1. The summed E-state index contributed by atoms with van der Waals surface area (Å²) in [6, 6.07) is 5.69. The second-order valence-electron chi connectivity index (χ2n) is 5.36. The topological polar surface area (TPSA) is 59.7 Å². The zero-order valence-corrected chi connectivity index (χ0v) is 11.6. The Bertz CT molecular complexity index is 697. The zero-order valence-electron chi connectivity index (χ0n) is 11.6. The molecule has 2 heterocycles. The zero-order chi connectivity index (χ0) is 13.9. The fourth-order valence-electron chi connectivity index (χ4n) is 2.69. The third-order valence-corrected chi connectivity index (χ3v) is 3.80. The molecule has 1 aliphatic rings. The third-order valence-electron chi connectivity index (χ3n) is 3.80. The molecule has 4 heteroatoms. The molecule has 2 N–H and O–H groups in total. The SMILES string of the molecule is Cc1nc2cc(/C=C/C3CC[NH2+]CC3)ccc2c(=O)o1. The van der Waals surface area contributed by atoms with E-state index in [0.717, 1.165) is 5.56 Å². The van der Waals surface area contributed by atoms with E-state index in [4.69, 9.17) is 4.42 Å². The second kappa shape index (κ2) is 5.59. The first-order valence-electron chi connectivity index (χ1n) is 7.14. The Morgan fingerprint density at radius 3 is 2.95 bits per heavy atom. The predicted octanol–water partition coefficient (Wildman–Crippen LogP) is 1.48. The van der Waals surface area contributed by atoms with E-state index < -0.39 is 0 Å². The van der Waals surface area contributed by atoms with Crippen LogP contribution >= 0.6 is 0 Å². The number of allylic oxidation sites excluding steroid dienone is 1. The Morgan fingerprint density at radius 1 is 1.35 bits per heavy atom. The van der Waals surface area contributed by atoms with Crippen molar-refractivity contribution in [3.63, 3.8) is 0 Å². The minimum atomic E-state index is -0.314. The Labute approximate surface area is 117 Å². The molecule has 0 saturated carbocycles. The summed E-state index contributed by atoms with van der Waals surface area (Å²) in [6.45, 7) is 4.13. The van der Waals surface area contributed by atoms with Crippen LogP contribution in [0.15, 0.2) is 33.5 Å². The van der Waals surface area contributed by atoms with Crippen molar-refractivity contribution in [2.75, 3.05) is 13.1 Å². The molecule has 0 aliphatic carbocycles. The van der Waals surface area contributed by atoms with Gasteiger partial charge in [0.05, 0.1) is 24.0 Å². The van der Waals surface area contributed by atoms with Gasteiger partial charge < -0.3 is 9.73 Å². The summed E-state index contributed by atoms with van der Waals surface area (Å²) in [4.78, 5) is 16.0. The monoisotopic (exact) mass is 271 g/mol. The first kappa shape index (κ1) is 13.1. The van der Waals surface area contributed by atoms with Crippen molar-refractivity contribution < 1.29 is 9.73 Å². The van der Waals surface area contributed by atoms with E-state index >= 15 is 0 Å². The van der Waals surface area contributed by atoms with Crippen molar-refractivity contribution >= 4 is 17.0 Å². The van der Waals surface area contributed by atoms with Crippen molar-refractivity contribution in [2.45, 2.75) is 19.8 Å². The van der Waals surface area contributed by atoms with Crippen LogP contribution in [-0.2, 0) is 0 Å². The molecule has 1 aromatic carbocycles. The molecule has 0 radical (unpaired) electrons. The van der Waals surface area contributed by atoms with Gasteiger partial charge in [-0.2, -0.15) is 0 Å². The molecular weight excluding hydrogens is 252 g/mol. The first-order chi connectivity index (χ1) is 9.72. The Kier molecular flexibility index (Phi) is 3.65. The first-order valence-corrected chi connectivity index (χ1v) is 7.14. The molecule has 1 aromatic heterocycles. The van der Waals surface area contributed by atoms with Gasteiger partial charge >= 0.3 is 5.63 Å². The summed E-state index contributed by atoms with van der Waals surface area (Å²) in [7, 11) is 0. The van der Waals surface area contributed by atoms with Crippen LogP contribution in [0.5, 0.6) is 0 Å². The molecule has 0 unspecified atom stereocenters. The fraction of sp³-hybridized carbons (Fsp3) is 0.375. The minimum Gasteiger partial charge on any atom is -0.408 e. The number of aryl methyl sites for hydroxylation is 1. The van der Waals surface area contributed by atoms with Crippen LogP contribution in [-0.4, -0.2) is 18.1 Å². The average molecular weight is 271 g/mol. The number of nitrogens with zero attached hydrogens (tertiary/aromatic N) is 1. The van der Waals surface area contributed by atoms with Crippen LogP contribution in [0.25, 0.3) is 17.0 Å². The van der Waals surface area contributed by atoms with Crippen LogP contribution in [0.1, 0.15) is 24.3 Å². The van der Waals surface area contributed by atoms with Gasteiger partial charge in [-0.1, -0.05) is 18.2 Å². The van der Waals surface area contributed by atoms with Crippen LogP contribution in [0.4, 0.5) is 0 Å². The lowest BCUT2D eigenvalue weighted by atomic mass is 9.97. The molecule has 1 aliphatic heterocycles. The summed E-state index contributed by atoms with van der Waals surface area (Å²) < 4.78 is 5.00. The van der Waals surface area contributed by atoms with Gasteiger partial charge in [-0.15, -0.1) is 0 Å². The maximum absolute atomic E-state index is 11.7. The van der Waals surface area contributed by atoms with Crippen molar-refractivity contribution in [3.05, 3.63) is 46.1 Å². The van der Waals surface area contributed by atoms with E-state index in [2.05, 4.69) is 22.5 Å². The number of fused-ring (bicyclic) bond motifs is 1. The summed E-state index contributed by atoms with van der Waals surface area (Å²) >= 11 is 0. The molecular formula is C16H19N2O2+. The normalized spacial score (nSPS) is 17.1. The van der Waals surface area contributed by atoms with E-state index in [1.807, 2.05) is 12.1 Å². The lowest BCUT2D eigenvalue weighted by Gasteiger charge is -2.16. The number of aromatic nitrogens is 1. The lowest BCUT2D eigenvalue weighted by Crippen LogP contribution is -2.86. The molecule has 0 amide bonds. The smallest absolute Gasteiger partial charge is 0.346 e. The third kappa shape index (κ3) is 2.80. The Hall–Kier alpha value is -1.94. The van der Waals surface area contributed by atoms with E-state index in [-0.39, 0.29) is 5.63 Å². The van der Waals surface area contributed by atoms with Gasteiger partial charge in [-0.05, 0) is 23.6 Å². The summed E-state index contributed by atoms with van der Waals surface area (Å²) in [6.07, 6.45) is 6.91. The van der Waals surface area contributed by atoms with Gasteiger partial charge in [0.15, 0.2) is 5.89 Å². The molecule has 1 saturated heterocycles. The number of nitrogens with two attached hydrogens (primary N) is 1. The van der Waals surface area contributed by atoms with Crippen molar-refractivity contribution in [1.82, 2.24) is 4.98 Å². The number of piperidine rings is 1. The van der Waals surface area contributed by atoms with Crippen molar-refractivity contribution in [2.24, 2.45) is 5.92 Å². The molecule has 2 aromatic rings. The van der Waals surface area contributed by atoms with Gasteiger partial charge in [0, 0.05) is 19.8 Å². The molecule has 104 valence electrons. The predicted molar refractivity (Wildman–Crippen MR) is 78.4 cm³/mol. The van der Waals surface area contributed by atoms with Gasteiger partial charge in [0.25, 0.3) is 0 Å². The fourth-order valence-corrected chi connectivity index (χ4v) is 2.69. The summed E-state index contributed by atoms with van der Waals surface area (Å²) in [5, 5.41) is 2.91. The largest absolute Gasteiger partial charge is 0.408 e. The van der Waals surface area contributed by atoms with Gasteiger partial charge in [0.1, 0.15) is 0 Å². The lowest BCUT2D eigenvalue weighted by molar-refractivity contribution is -0.664. The van der Waals surface area contributed by atoms with E-state index in [1.165, 1.54) is 25.9 Å². The Balaban J connectivity index is 1.88. The molecule has 0 atom stereocenters. The molecule has 0 bridgehead atoms. The molecule has 4 nitrogen and oxygen atoms in total. The van der Waals surface area contributed by atoms with Gasteiger partial charge in [0.2, 0.25) is 0 Å². The highest BCUT2D eigenvalue weighted by atomic mass is 16.4. The Morgan fingerprint density at radius 2 is 2.15 bits per heavy atom. The van der Waals surface area contributed by atoms with E-state index in [9.17, 15) is 4.79 Å². The van der Waals surface area contributed by atoms with Gasteiger partial charge in [-0.3, -0.25) is 0 Å². The minimum absolute atomic E-state index is 0.314. The maximum Gasteiger partial charge on any atom is 0.346 e. The summed E-state index contributed by atoms with van der Waals surface area (Å²) in [5.74, 6) is 1.08. The molecule has 0 spiro atoms. The maximum atomic E-state index is 11.7. The number of rotatable bonds is 2. The summed E-state index contributed by atoms with van der Waals surface area (Å²) in [5.41, 5.74) is 1.48. The van der Waals surface area contributed by atoms with E-state index in [0.29, 0.717) is 22.7 Å². The molecule has 20 heavy (non-hydrogen) atoms. The quantitative estimate of drug-likeness (QED) is 0.900. The number of benzene rings is 1. The number of hydrogen-bond donors (Lipinski definition) is 1. The standard InChI is InChI=1S/C16H18N2O2/c1-11-18-15-10-13(4-5-14(15)16(19)20-11)3-2-12-6-8-17-9-7-12/h2-5,10,12,17H,6-9H2,1H3/p+1/b3-2+. The van der Waals surface area contributed by atoms with Crippen LogP contribution in [0.3, 0.4) is 0 Å². The second-order valence-corrected chi connectivity index (χ2v) is 5.36. The van der Waals surface area contributed by atoms with Crippen LogP contribution in [0.2, 0.25) is 0 Å². The molecule has 1 fully saturated rings. The highest BCUT2D eigenvalue weighted by Crippen LogP contribution is 2.16.